The minimum Gasteiger partial charge on any atom is -0.359 e. The molecule has 3 N–H and O–H groups in total. The molecule has 27 heavy (non-hydrogen) atoms. The van der Waals surface area contributed by atoms with Gasteiger partial charge in [-0.1, -0.05) is 12.2 Å². The fraction of sp³-hybridized carbons (Fsp3) is 0.105. The summed E-state index contributed by atoms with van der Waals surface area (Å²) in [5, 5.41) is 14.4. The van der Waals surface area contributed by atoms with Crippen LogP contribution in [0.4, 0.5) is 11.5 Å². The maximum atomic E-state index is 10.9. The van der Waals surface area contributed by atoms with E-state index >= 15 is 0 Å². The minimum atomic E-state index is -0.0584. The van der Waals surface area contributed by atoms with Gasteiger partial charge in [0.1, 0.15) is 5.82 Å². The van der Waals surface area contributed by atoms with Gasteiger partial charge in [-0.15, -0.1) is 0 Å². The van der Waals surface area contributed by atoms with Crippen LogP contribution in [-0.4, -0.2) is 44.4 Å². The van der Waals surface area contributed by atoms with Crippen LogP contribution in [0, 0.1) is 0 Å². The molecule has 0 saturated heterocycles. The zero-order valence-electron chi connectivity index (χ0n) is 14.1. The molecule has 0 radical (unpaired) electrons. The molecule has 0 spiro atoms. The van der Waals surface area contributed by atoms with Gasteiger partial charge in [0.2, 0.25) is 0 Å². The first-order chi connectivity index (χ1) is 13.3. The lowest BCUT2D eigenvalue weighted by atomic mass is 9.99. The minimum absolute atomic E-state index is 0.0473. The van der Waals surface area contributed by atoms with Crippen molar-refractivity contribution in [3.8, 4) is 0 Å². The number of aliphatic imine (C=N–C) groups is 1. The van der Waals surface area contributed by atoms with Crippen LogP contribution in [-0.2, 0) is 4.79 Å². The maximum Gasteiger partial charge on any atom is 0.184 e. The Balaban J connectivity index is 1.39. The number of benzene rings is 1. The van der Waals surface area contributed by atoms with Gasteiger partial charge < -0.3 is 10.6 Å². The number of rotatable bonds is 4. The lowest BCUT2D eigenvalue weighted by Crippen LogP contribution is -2.34. The second kappa shape index (κ2) is 6.17. The molecular weight excluding hydrogens is 342 g/mol. The number of allylic oxidation sites excluding steroid dienone is 2. The Morgan fingerprint density at radius 1 is 1.22 bits per heavy atom. The highest BCUT2D eigenvalue weighted by Crippen LogP contribution is 2.25. The Bertz CT molecular complexity index is 1130. The van der Waals surface area contributed by atoms with E-state index in [4.69, 9.17) is 0 Å². The van der Waals surface area contributed by atoms with Crippen LogP contribution in [0.1, 0.15) is 5.82 Å². The average molecular weight is 357 g/mol. The highest BCUT2D eigenvalue weighted by molar-refractivity contribution is 6.28. The molecule has 8 nitrogen and oxygen atoms in total. The first kappa shape index (κ1) is 15.4. The number of nitrogens with one attached hydrogen (secondary N) is 3. The summed E-state index contributed by atoms with van der Waals surface area (Å²) in [4.78, 5) is 24.2. The van der Waals surface area contributed by atoms with Gasteiger partial charge in [0.05, 0.1) is 23.8 Å². The number of aromatic nitrogens is 4. The molecule has 3 heterocycles. The lowest BCUT2D eigenvalue weighted by Gasteiger charge is -2.17. The van der Waals surface area contributed by atoms with E-state index in [0.717, 1.165) is 28.4 Å². The van der Waals surface area contributed by atoms with Crippen molar-refractivity contribution in [2.45, 2.75) is 12.1 Å². The van der Waals surface area contributed by atoms with E-state index in [-0.39, 0.29) is 12.1 Å². The molecule has 0 fully saturated rings. The van der Waals surface area contributed by atoms with Gasteiger partial charge in [-0.3, -0.25) is 14.9 Å². The Morgan fingerprint density at radius 2 is 2.19 bits per heavy atom. The van der Waals surface area contributed by atoms with Gasteiger partial charge in [-0.05, 0) is 30.3 Å². The van der Waals surface area contributed by atoms with Crippen molar-refractivity contribution in [2.24, 2.45) is 4.99 Å². The molecule has 132 valence electrons. The number of amidine groups is 1. The lowest BCUT2D eigenvalue weighted by molar-refractivity contribution is -0.102. The van der Waals surface area contributed by atoms with Crippen LogP contribution < -0.4 is 10.6 Å². The Morgan fingerprint density at radius 3 is 3.11 bits per heavy atom. The Kier molecular flexibility index (Phi) is 3.53. The largest absolute Gasteiger partial charge is 0.359 e. The summed E-state index contributed by atoms with van der Waals surface area (Å²) in [6, 6.07) is 7.65. The summed E-state index contributed by atoms with van der Waals surface area (Å²) in [5.74, 6) is 1.68. The standard InChI is InChI=1S/C19H15N7O/c27-10-18-23-15-3-1-11(8-16(15)24-18)19-20-6-5-17(25-19)22-13-2-4-14-12(7-13)9-21-26-14/h1-10,15-16H,(H,21,26)(H,23,24)(H,20,22,25). The van der Waals surface area contributed by atoms with Gasteiger partial charge >= 0.3 is 0 Å². The van der Waals surface area contributed by atoms with Crippen molar-refractivity contribution in [3.63, 3.8) is 0 Å². The summed E-state index contributed by atoms with van der Waals surface area (Å²) >= 11 is 0. The highest BCUT2D eigenvalue weighted by Gasteiger charge is 2.27. The van der Waals surface area contributed by atoms with Gasteiger partial charge in [0, 0.05) is 22.8 Å². The fourth-order valence-corrected chi connectivity index (χ4v) is 3.24. The van der Waals surface area contributed by atoms with Crippen LogP contribution in [0.2, 0.25) is 0 Å². The van der Waals surface area contributed by atoms with Crippen LogP contribution in [0.25, 0.3) is 16.5 Å². The monoisotopic (exact) mass is 357 g/mol. The summed E-state index contributed by atoms with van der Waals surface area (Å²) in [5.41, 5.74) is 2.79. The van der Waals surface area contributed by atoms with Crippen molar-refractivity contribution < 1.29 is 4.79 Å². The van der Waals surface area contributed by atoms with Crippen molar-refractivity contribution in [3.05, 3.63) is 60.7 Å². The van der Waals surface area contributed by atoms with Crippen molar-refractivity contribution in [2.75, 3.05) is 5.32 Å². The summed E-state index contributed by atoms with van der Waals surface area (Å²) in [6.45, 7) is 0. The highest BCUT2D eigenvalue weighted by atomic mass is 16.1. The van der Waals surface area contributed by atoms with E-state index in [2.05, 4.69) is 35.8 Å². The summed E-state index contributed by atoms with van der Waals surface area (Å²) in [7, 11) is 0. The first-order valence-electron chi connectivity index (χ1n) is 8.52. The molecule has 0 saturated carbocycles. The van der Waals surface area contributed by atoms with E-state index in [1.54, 1.807) is 12.4 Å². The topological polar surface area (TPSA) is 108 Å². The zero-order chi connectivity index (χ0) is 18.2. The quantitative estimate of drug-likeness (QED) is 0.616. The molecule has 3 aromatic rings. The fourth-order valence-electron chi connectivity index (χ4n) is 3.24. The maximum absolute atomic E-state index is 10.9. The SMILES string of the molecule is O=CC1=NC2C=CC(c3nccc(Nc4ccc5[nH]ncc5c4)n3)=CC2N1. The Hall–Kier alpha value is -3.81. The number of hydrogen-bond donors (Lipinski definition) is 3. The van der Waals surface area contributed by atoms with Crippen molar-refractivity contribution in [1.82, 2.24) is 25.5 Å². The van der Waals surface area contributed by atoms with Crippen LogP contribution in [0.15, 0.2) is 59.9 Å². The normalized spacial score (nSPS) is 20.6. The zero-order valence-corrected chi connectivity index (χ0v) is 14.1. The molecule has 0 bridgehead atoms. The molecule has 5 rings (SSSR count). The number of aldehydes is 1. The number of anilines is 2. The van der Waals surface area contributed by atoms with E-state index in [9.17, 15) is 4.79 Å². The molecule has 8 heteroatoms. The van der Waals surface area contributed by atoms with Crippen LogP contribution >= 0.6 is 0 Å². The molecule has 2 aliphatic rings. The second-order valence-corrected chi connectivity index (χ2v) is 6.34. The van der Waals surface area contributed by atoms with Crippen LogP contribution in [0.5, 0.6) is 0 Å². The second-order valence-electron chi connectivity index (χ2n) is 6.34. The van der Waals surface area contributed by atoms with Gasteiger partial charge in [0.25, 0.3) is 0 Å². The van der Waals surface area contributed by atoms with Gasteiger partial charge in [-0.2, -0.15) is 5.10 Å². The van der Waals surface area contributed by atoms with E-state index in [0.29, 0.717) is 17.5 Å². The number of carbonyl (C=O) groups is 1. The average Bonchev–Trinajstić information content (AvgIpc) is 3.33. The third-order valence-corrected chi connectivity index (χ3v) is 4.54. The molecule has 2 atom stereocenters. The van der Waals surface area contributed by atoms with Gasteiger partial charge in [0.15, 0.2) is 17.9 Å². The summed E-state index contributed by atoms with van der Waals surface area (Å²) < 4.78 is 0. The Labute approximate surface area is 154 Å². The predicted molar refractivity (Wildman–Crippen MR) is 103 cm³/mol. The third-order valence-electron chi connectivity index (χ3n) is 4.54. The molecule has 1 aliphatic carbocycles. The van der Waals surface area contributed by atoms with E-state index in [1.807, 2.05) is 42.5 Å². The number of H-pyrrole nitrogens is 1. The molecule has 2 unspecified atom stereocenters. The van der Waals surface area contributed by atoms with E-state index in [1.165, 1.54) is 0 Å². The number of hydrogen-bond acceptors (Lipinski definition) is 7. The smallest absolute Gasteiger partial charge is 0.184 e. The molecule has 1 aromatic carbocycles. The van der Waals surface area contributed by atoms with Gasteiger partial charge in [-0.25, -0.2) is 9.97 Å². The van der Waals surface area contributed by atoms with E-state index < -0.39 is 0 Å². The molecular formula is C19H15N7O. The number of aromatic amines is 1. The van der Waals surface area contributed by atoms with Crippen molar-refractivity contribution in [1.29, 1.82) is 0 Å². The van der Waals surface area contributed by atoms with Crippen LogP contribution in [0.3, 0.4) is 0 Å². The van der Waals surface area contributed by atoms with Crippen molar-refractivity contribution >= 4 is 40.1 Å². The summed E-state index contributed by atoms with van der Waals surface area (Å²) in [6.07, 6.45) is 10.1. The number of nitrogens with zero attached hydrogens (tertiary/aromatic N) is 4. The molecule has 0 amide bonds. The predicted octanol–water partition coefficient (Wildman–Crippen LogP) is 1.99. The first-order valence-corrected chi connectivity index (χ1v) is 8.52. The molecule has 2 aromatic heterocycles. The third kappa shape index (κ3) is 2.86. The number of carbonyl (C=O) groups excluding carboxylic acids is 1. The molecule has 1 aliphatic heterocycles. The number of fused-ring (bicyclic) bond motifs is 2.